The molecular weight excluding hydrogens is 275 g/mol. The van der Waals surface area contributed by atoms with E-state index in [9.17, 15) is 19.1 Å². The maximum Gasteiger partial charge on any atom is 0.174 e. The van der Waals surface area contributed by atoms with Crippen LogP contribution >= 0.6 is 0 Å². The normalized spacial score (nSPS) is 10.2. The highest BCUT2D eigenvalue weighted by Crippen LogP contribution is 2.24. The summed E-state index contributed by atoms with van der Waals surface area (Å²) in [6.45, 7) is 0. The number of ketones is 2. The van der Waals surface area contributed by atoms with Gasteiger partial charge in [0.15, 0.2) is 11.6 Å². The summed E-state index contributed by atoms with van der Waals surface area (Å²) in [5, 5.41) is 9.68. The summed E-state index contributed by atoms with van der Waals surface area (Å²) < 4.78 is 18.0. The van der Waals surface area contributed by atoms with Crippen LogP contribution in [0.15, 0.2) is 42.5 Å². The summed E-state index contributed by atoms with van der Waals surface area (Å²) in [6.07, 6.45) is -0.454. The molecule has 0 aliphatic rings. The quantitative estimate of drug-likeness (QED) is 0.678. The van der Waals surface area contributed by atoms with E-state index >= 15 is 0 Å². The van der Waals surface area contributed by atoms with Crippen LogP contribution in [-0.2, 0) is 0 Å². The number of halogens is 1. The Morgan fingerprint density at radius 1 is 1.14 bits per heavy atom. The van der Waals surface area contributed by atoms with Gasteiger partial charge in [-0.2, -0.15) is 0 Å². The van der Waals surface area contributed by atoms with Crippen molar-refractivity contribution in [2.45, 2.75) is 6.42 Å². The number of phenols is 1. The Morgan fingerprint density at radius 2 is 1.90 bits per heavy atom. The third-order valence-electron chi connectivity index (χ3n) is 2.97. The second-order valence-corrected chi connectivity index (χ2v) is 4.42. The van der Waals surface area contributed by atoms with E-state index in [1.807, 2.05) is 0 Å². The fourth-order valence-electron chi connectivity index (χ4n) is 1.87. The number of benzene rings is 2. The van der Waals surface area contributed by atoms with Crippen LogP contribution in [0.4, 0.5) is 4.39 Å². The van der Waals surface area contributed by atoms with Crippen LogP contribution in [0.2, 0.25) is 0 Å². The first-order valence-corrected chi connectivity index (χ1v) is 6.20. The standard InChI is InChI=1S/C16H13FO4/c1-21-12-5-6-14(18)13(8-12)16(20)9-15(19)10-3-2-4-11(17)7-10/h2-8,18H,9H2,1H3. The SMILES string of the molecule is COc1ccc(O)c(C(=O)CC(=O)c2cccc(F)c2)c1. The summed E-state index contributed by atoms with van der Waals surface area (Å²) in [7, 11) is 1.43. The number of hydrogen-bond acceptors (Lipinski definition) is 4. The van der Waals surface area contributed by atoms with Gasteiger partial charge in [0.25, 0.3) is 0 Å². The number of ether oxygens (including phenoxy) is 1. The minimum atomic E-state index is -0.555. The molecule has 0 bridgehead atoms. The molecule has 0 aliphatic carbocycles. The van der Waals surface area contributed by atoms with Gasteiger partial charge in [-0.3, -0.25) is 9.59 Å². The Hall–Kier alpha value is -2.69. The molecule has 0 saturated heterocycles. The van der Waals surface area contributed by atoms with E-state index in [0.29, 0.717) is 5.75 Å². The topological polar surface area (TPSA) is 63.6 Å². The van der Waals surface area contributed by atoms with E-state index in [4.69, 9.17) is 4.74 Å². The van der Waals surface area contributed by atoms with Crippen molar-refractivity contribution in [2.24, 2.45) is 0 Å². The Balaban J connectivity index is 2.20. The van der Waals surface area contributed by atoms with E-state index in [-0.39, 0.29) is 16.9 Å². The van der Waals surface area contributed by atoms with Crippen molar-refractivity contribution < 1.29 is 23.8 Å². The Labute approximate surface area is 120 Å². The lowest BCUT2D eigenvalue weighted by atomic mass is 10.0. The maximum atomic E-state index is 13.1. The molecule has 0 heterocycles. The fraction of sp³-hybridized carbons (Fsp3) is 0.125. The van der Waals surface area contributed by atoms with E-state index < -0.39 is 23.8 Å². The van der Waals surface area contributed by atoms with Gasteiger partial charge in [-0.25, -0.2) is 4.39 Å². The predicted octanol–water partition coefficient (Wildman–Crippen LogP) is 3.00. The highest BCUT2D eigenvalue weighted by atomic mass is 19.1. The molecule has 0 amide bonds. The van der Waals surface area contributed by atoms with E-state index in [1.165, 1.54) is 43.5 Å². The molecule has 0 aliphatic heterocycles. The zero-order valence-corrected chi connectivity index (χ0v) is 11.3. The summed E-state index contributed by atoms with van der Waals surface area (Å²) in [6, 6.07) is 9.30. The Bertz CT molecular complexity index is 694. The Morgan fingerprint density at radius 3 is 2.57 bits per heavy atom. The molecule has 0 spiro atoms. The second-order valence-electron chi connectivity index (χ2n) is 4.42. The van der Waals surface area contributed by atoms with Crippen LogP contribution in [0.25, 0.3) is 0 Å². The van der Waals surface area contributed by atoms with Gasteiger partial charge in [0.1, 0.15) is 17.3 Å². The van der Waals surface area contributed by atoms with Crippen molar-refractivity contribution in [1.82, 2.24) is 0 Å². The maximum absolute atomic E-state index is 13.1. The molecule has 2 aromatic carbocycles. The van der Waals surface area contributed by atoms with Gasteiger partial charge in [0.2, 0.25) is 0 Å². The average molecular weight is 288 g/mol. The number of Topliss-reactive ketones (excluding diaryl/α,β-unsaturated/α-hetero) is 2. The molecule has 1 N–H and O–H groups in total. The molecule has 0 aromatic heterocycles. The fourth-order valence-corrected chi connectivity index (χ4v) is 1.87. The van der Waals surface area contributed by atoms with Gasteiger partial charge in [0, 0.05) is 5.56 Å². The lowest BCUT2D eigenvalue weighted by molar-refractivity contribution is 0.0892. The molecule has 108 valence electrons. The van der Waals surface area contributed by atoms with Gasteiger partial charge in [0.05, 0.1) is 19.1 Å². The first-order chi connectivity index (χ1) is 10.0. The molecule has 0 radical (unpaired) electrons. The van der Waals surface area contributed by atoms with Crippen molar-refractivity contribution in [3.05, 3.63) is 59.4 Å². The van der Waals surface area contributed by atoms with Gasteiger partial charge in [-0.15, -0.1) is 0 Å². The minimum absolute atomic E-state index is 0.000830. The number of rotatable bonds is 5. The molecule has 5 heteroatoms. The van der Waals surface area contributed by atoms with Crippen molar-refractivity contribution in [3.63, 3.8) is 0 Å². The number of aromatic hydroxyl groups is 1. The molecule has 0 saturated carbocycles. The minimum Gasteiger partial charge on any atom is -0.507 e. The zero-order valence-electron chi connectivity index (χ0n) is 11.3. The molecule has 4 nitrogen and oxygen atoms in total. The molecule has 0 atom stereocenters. The Kier molecular flexibility index (Phi) is 4.33. The smallest absolute Gasteiger partial charge is 0.174 e. The van der Waals surface area contributed by atoms with Gasteiger partial charge < -0.3 is 9.84 Å². The van der Waals surface area contributed by atoms with E-state index in [1.54, 1.807) is 0 Å². The molecular formula is C16H13FO4. The number of carbonyl (C=O) groups excluding carboxylic acids is 2. The van der Waals surface area contributed by atoms with Crippen molar-refractivity contribution >= 4 is 11.6 Å². The van der Waals surface area contributed by atoms with Crippen LogP contribution in [0.1, 0.15) is 27.1 Å². The van der Waals surface area contributed by atoms with Crippen molar-refractivity contribution in [1.29, 1.82) is 0 Å². The molecule has 2 rings (SSSR count). The lowest BCUT2D eigenvalue weighted by Crippen LogP contribution is -2.09. The van der Waals surface area contributed by atoms with Crippen LogP contribution < -0.4 is 4.74 Å². The highest BCUT2D eigenvalue weighted by molar-refractivity contribution is 6.14. The van der Waals surface area contributed by atoms with Crippen LogP contribution in [-0.4, -0.2) is 23.8 Å². The third-order valence-corrected chi connectivity index (χ3v) is 2.97. The van der Waals surface area contributed by atoms with Crippen LogP contribution in [0.3, 0.4) is 0 Å². The summed E-state index contributed by atoms with van der Waals surface area (Å²) in [5.41, 5.74) is 0.116. The first kappa shape index (κ1) is 14.7. The largest absolute Gasteiger partial charge is 0.507 e. The highest BCUT2D eigenvalue weighted by Gasteiger charge is 2.17. The molecule has 0 unspecified atom stereocenters. The lowest BCUT2D eigenvalue weighted by Gasteiger charge is -2.06. The number of methoxy groups -OCH3 is 1. The number of phenolic OH excluding ortho intramolecular Hbond substituents is 1. The van der Waals surface area contributed by atoms with Crippen LogP contribution in [0.5, 0.6) is 11.5 Å². The summed E-state index contributed by atoms with van der Waals surface area (Å²) >= 11 is 0. The molecule has 21 heavy (non-hydrogen) atoms. The number of carbonyl (C=O) groups is 2. The summed E-state index contributed by atoms with van der Waals surface area (Å²) in [5.74, 6) is -1.44. The first-order valence-electron chi connectivity index (χ1n) is 6.20. The van der Waals surface area contributed by atoms with Gasteiger partial charge >= 0.3 is 0 Å². The molecule has 0 fully saturated rings. The summed E-state index contributed by atoms with van der Waals surface area (Å²) in [4.78, 5) is 24.0. The zero-order chi connectivity index (χ0) is 15.4. The van der Waals surface area contributed by atoms with Crippen molar-refractivity contribution in [2.75, 3.05) is 7.11 Å². The average Bonchev–Trinajstić information content (AvgIpc) is 2.47. The van der Waals surface area contributed by atoms with Crippen LogP contribution in [0, 0.1) is 5.82 Å². The monoisotopic (exact) mass is 288 g/mol. The predicted molar refractivity (Wildman–Crippen MR) is 74.3 cm³/mol. The third kappa shape index (κ3) is 3.45. The van der Waals surface area contributed by atoms with E-state index in [2.05, 4.69) is 0 Å². The number of hydrogen-bond donors (Lipinski definition) is 1. The molecule has 2 aromatic rings. The van der Waals surface area contributed by atoms with Gasteiger partial charge in [-0.05, 0) is 30.3 Å². The van der Waals surface area contributed by atoms with Gasteiger partial charge in [-0.1, -0.05) is 12.1 Å². The van der Waals surface area contributed by atoms with E-state index in [0.717, 1.165) is 6.07 Å². The van der Waals surface area contributed by atoms with Crippen molar-refractivity contribution in [3.8, 4) is 11.5 Å². The second kappa shape index (κ2) is 6.17.